The van der Waals surface area contributed by atoms with Gasteiger partial charge in [-0.25, -0.2) is 8.42 Å². The monoisotopic (exact) mass is 353 g/mol. The number of rotatable bonds is 3. The second-order valence-electron chi connectivity index (χ2n) is 3.96. The lowest BCUT2D eigenvalue weighted by atomic mass is 10.3. The summed E-state index contributed by atoms with van der Waals surface area (Å²) in [5, 5.41) is 1.15. The Hall–Kier alpha value is -0.140. The Morgan fingerprint density at radius 2 is 2.06 bits per heavy atom. The van der Waals surface area contributed by atoms with Crippen LogP contribution in [-0.2, 0) is 14.8 Å². The van der Waals surface area contributed by atoms with Gasteiger partial charge in [-0.05, 0) is 24.3 Å². The number of hydrogen-bond acceptors (Lipinski definition) is 3. The first-order valence-electron chi connectivity index (χ1n) is 5.47. The van der Waals surface area contributed by atoms with Gasteiger partial charge in [0.25, 0.3) is 0 Å². The topological polar surface area (TPSA) is 46.6 Å². The molecule has 0 aromatic heterocycles. The molecule has 1 aliphatic rings. The molecule has 1 atom stereocenters. The predicted octanol–water partition coefficient (Wildman–Crippen LogP) is 2.12. The second kappa shape index (κ2) is 5.88. The van der Waals surface area contributed by atoms with Gasteiger partial charge >= 0.3 is 0 Å². The third-order valence-electron chi connectivity index (χ3n) is 2.73. The zero-order chi connectivity index (χ0) is 13.2. The summed E-state index contributed by atoms with van der Waals surface area (Å²) in [7, 11) is -3.45. The molecule has 0 spiro atoms. The number of morpholine rings is 1. The molecule has 1 heterocycles. The lowest BCUT2D eigenvalue weighted by Gasteiger charge is -2.31. The first-order chi connectivity index (χ1) is 8.54. The normalized spacial score (nSPS) is 22.0. The van der Waals surface area contributed by atoms with Crippen LogP contribution < -0.4 is 0 Å². The van der Waals surface area contributed by atoms with Crippen molar-refractivity contribution in [1.29, 1.82) is 0 Å². The van der Waals surface area contributed by atoms with Gasteiger partial charge in [0.1, 0.15) is 0 Å². The van der Waals surface area contributed by atoms with Crippen molar-refractivity contribution in [3.63, 3.8) is 0 Å². The van der Waals surface area contributed by atoms with Crippen molar-refractivity contribution in [2.45, 2.75) is 11.0 Å². The molecule has 0 saturated carbocycles. The van der Waals surface area contributed by atoms with Crippen molar-refractivity contribution in [3.05, 3.63) is 29.3 Å². The van der Waals surface area contributed by atoms with Crippen LogP contribution in [0.2, 0.25) is 5.02 Å². The minimum atomic E-state index is -3.45. The molecule has 1 aromatic carbocycles. The Morgan fingerprint density at radius 1 is 1.39 bits per heavy atom. The van der Waals surface area contributed by atoms with Gasteiger partial charge in [0.2, 0.25) is 10.0 Å². The van der Waals surface area contributed by atoms with E-state index in [0.29, 0.717) is 30.0 Å². The van der Waals surface area contributed by atoms with E-state index in [4.69, 9.17) is 16.3 Å². The summed E-state index contributed by atoms with van der Waals surface area (Å²) in [6.07, 6.45) is -0.0965. The fourth-order valence-corrected chi connectivity index (χ4v) is 3.73. The average molecular weight is 355 g/mol. The number of benzene rings is 1. The van der Waals surface area contributed by atoms with E-state index in [1.807, 2.05) is 0 Å². The average Bonchev–Trinajstić information content (AvgIpc) is 2.39. The highest BCUT2D eigenvalue weighted by Gasteiger charge is 2.30. The fourth-order valence-electron chi connectivity index (χ4n) is 1.76. The SMILES string of the molecule is O=S(=O)(c1ccc(Cl)cc1)N1CCOC(CBr)C1. The number of alkyl halides is 1. The zero-order valence-electron chi connectivity index (χ0n) is 9.55. The van der Waals surface area contributed by atoms with Gasteiger partial charge in [-0.2, -0.15) is 4.31 Å². The van der Waals surface area contributed by atoms with Crippen molar-refractivity contribution < 1.29 is 13.2 Å². The van der Waals surface area contributed by atoms with E-state index in [2.05, 4.69) is 15.9 Å². The van der Waals surface area contributed by atoms with Crippen molar-refractivity contribution in [3.8, 4) is 0 Å². The van der Waals surface area contributed by atoms with Crippen molar-refractivity contribution in [2.24, 2.45) is 0 Å². The van der Waals surface area contributed by atoms with Crippen LogP contribution in [0, 0.1) is 0 Å². The van der Waals surface area contributed by atoms with Crippen LogP contribution in [0.15, 0.2) is 29.2 Å². The Kier molecular flexibility index (Phi) is 4.66. The third kappa shape index (κ3) is 3.05. The van der Waals surface area contributed by atoms with Gasteiger partial charge in [-0.15, -0.1) is 0 Å². The number of halogens is 2. The van der Waals surface area contributed by atoms with E-state index in [1.54, 1.807) is 12.1 Å². The lowest BCUT2D eigenvalue weighted by molar-refractivity contribution is 0.0136. The van der Waals surface area contributed by atoms with E-state index >= 15 is 0 Å². The van der Waals surface area contributed by atoms with Gasteiger partial charge in [-0.3, -0.25) is 0 Å². The maximum atomic E-state index is 12.4. The second-order valence-corrected chi connectivity index (χ2v) is 6.99. The molecule has 0 aliphatic carbocycles. The molecule has 1 aliphatic heterocycles. The summed E-state index contributed by atoms with van der Waals surface area (Å²) in [5.41, 5.74) is 0. The van der Waals surface area contributed by atoms with Crippen molar-refractivity contribution in [2.75, 3.05) is 25.0 Å². The quantitative estimate of drug-likeness (QED) is 0.781. The summed E-state index contributed by atoms with van der Waals surface area (Å²) in [4.78, 5) is 0.266. The Balaban J connectivity index is 2.22. The summed E-state index contributed by atoms with van der Waals surface area (Å²) in [5.74, 6) is 0. The summed E-state index contributed by atoms with van der Waals surface area (Å²) < 4.78 is 31.6. The van der Waals surface area contributed by atoms with E-state index in [0.717, 1.165) is 0 Å². The number of nitrogens with zero attached hydrogens (tertiary/aromatic N) is 1. The van der Waals surface area contributed by atoms with Crippen LogP contribution in [-0.4, -0.2) is 43.9 Å². The van der Waals surface area contributed by atoms with Gasteiger partial charge in [0.05, 0.1) is 17.6 Å². The van der Waals surface area contributed by atoms with Crippen LogP contribution in [0.1, 0.15) is 0 Å². The number of sulfonamides is 1. The first-order valence-corrected chi connectivity index (χ1v) is 8.41. The maximum Gasteiger partial charge on any atom is 0.243 e. The highest BCUT2D eigenvalue weighted by molar-refractivity contribution is 9.09. The van der Waals surface area contributed by atoms with Gasteiger partial charge in [0.15, 0.2) is 0 Å². The summed E-state index contributed by atoms with van der Waals surface area (Å²) in [6, 6.07) is 6.21. The van der Waals surface area contributed by atoms with Crippen LogP contribution in [0.5, 0.6) is 0 Å². The molecule has 0 bridgehead atoms. The van der Waals surface area contributed by atoms with Crippen LogP contribution in [0.25, 0.3) is 0 Å². The van der Waals surface area contributed by atoms with Crippen molar-refractivity contribution in [1.82, 2.24) is 4.31 Å². The summed E-state index contributed by atoms with van der Waals surface area (Å²) >= 11 is 9.07. The molecule has 18 heavy (non-hydrogen) atoms. The lowest BCUT2D eigenvalue weighted by Crippen LogP contribution is -2.46. The standard InChI is InChI=1S/C11H13BrClNO3S/c12-7-10-8-14(5-6-17-10)18(15,16)11-3-1-9(13)2-4-11/h1-4,10H,5-8H2. The molecule has 100 valence electrons. The van der Waals surface area contributed by atoms with E-state index in [9.17, 15) is 8.42 Å². The molecular weight excluding hydrogens is 342 g/mol. The van der Waals surface area contributed by atoms with E-state index in [-0.39, 0.29) is 11.0 Å². The number of ether oxygens (including phenoxy) is 1. The highest BCUT2D eigenvalue weighted by Crippen LogP contribution is 2.21. The minimum absolute atomic E-state index is 0.0965. The molecular formula is C11H13BrClNO3S. The highest BCUT2D eigenvalue weighted by atomic mass is 79.9. The van der Waals surface area contributed by atoms with Crippen molar-refractivity contribution >= 4 is 37.6 Å². The van der Waals surface area contributed by atoms with Gasteiger partial charge in [-0.1, -0.05) is 27.5 Å². The molecule has 4 nitrogen and oxygen atoms in total. The van der Waals surface area contributed by atoms with Crippen LogP contribution in [0.3, 0.4) is 0 Å². The molecule has 7 heteroatoms. The predicted molar refractivity (Wildman–Crippen MR) is 73.7 cm³/mol. The Morgan fingerprint density at radius 3 is 2.67 bits per heavy atom. The molecule has 1 aromatic rings. The molecule has 0 amide bonds. The minimum Gasteiger partial charge on any atom is -0.375 e. The molecule has 0 N–H and O–H groups in total. The Labute approximate surface area is 120 Å². The van der Waals surface area contributed by atoms with Crippen LogP contribution in [0.4, 0.5) is 0 Å². The third-order valence-corrected chi connectivity index (χ3v) is 5.58. The van der Waals surface area contributed by atoms with Gasteiger partial charge < -0.3 is 4.74 Å². The molecule has 2 rings (SSSR count). The molecule has 0 radical (unpaired) electrons. The Bertz CT molecular complexity index is 506. The first kappa shape index (κ1) is 14.3. The fraction of sp³-hybridized carbons (Fsp3) is 0.455. The molecule has 1 unspecified atom stereocenters. The zero-order valence-corrected chi connectivity index (χ0v) is 12.7. The molecule has 1 saturated heterocycles. The van der Waals surface area contributed by atoms with E-state index < -0.39 is 10.0 Å². The van der Waals surface area contributed by atoms with Gasteiger partial charge in [0, 0.05) is 23.4 Å². The smallest absolute Gasteiger partial charge is 0.243 e. The largest absolute Gasteiger partial charge is 0.375 e. The van der Waals surface area contributed by atoms with E-state index in [1.165, 1.54) is 16.4 Å². The van der Waals surface area contributed by atoms with Crippen LogP contribution >= 0.6 is 27.5 Å². The summed E-state index contributed by atoms with van der Waals surface area (Å²) in [6.45, 7) is 1.17. The maximum absolute atomic E-state index is 12.4. The number of hydrogen-bond donors (Lipinski definition) is 0. The molecule has 1 fully saturated rings.